The van der Waals surface area contributed by atoms with Gasteiger partial charge >= 0.3 is 6.18 Å². The summed E-state index contributed by atoms with van der Waals surface area (Å²) in [6.45, 7) is 5.45. The van der Waals surface area contributed by atoms with Crippen molar-refractivity contribution in [2.75, 3.05) is 19.6 Å². The topological polar surface area (TPSA) is 55.2 Å². The van der Waals surface area contributed by atoms with Crippen LogP contribution in [0.3, 0.4) is 0 Å². The van der Waals surface area contributed by atoms with Crippen molar-refractivity contribution in [1.29, 1.82) is 0 Å². The Hall–Kier alpha value is -2.91. The third kappa shape index (κ3) is 5.42. The lowest BCUT2D eigenvalue weighted by atomic mass is 10.0. The highest BCUT2D eigenvalue weighted by atomic mass is 19.4. The fourth-order valence-corrected chi connectivity index (χ4v) is 5.55. The first-order valence-corrected chi connectivity index (χ1v) is 12.6. The highest BCUT2D eigenvalue weighted by Crippen LogP contribution is 2.39. The highest BCUT2D eigenvalue weighted by Gasteiger charge is 2.39. The summed E-state index contributed by atoms with van der Waals surface area (Å²) >= 11 is 0. The molecule has 1 saturated heterocycles. The first-order chi connectivity index (χ1) is 17.3. The Morgan fingerprint density at radius 2 is 1.75 bits per heavy atom. The van der Waals surface area contributed by atoms with Gasteiger partial charge in [-0.1, -0.05) is 24.3 Å². The molecule has 1 aliphatic carbocycles. The maximum absolute atomic E-state index is 12.6. The first-order valence-electron chi connectivity index (χ1n) is 12.6. The second kappa shape index (κ2) is 10.2. The number of nitrogens with zero attached hydrogens (tertiary/aromatic N) is 4. The smallest absolute Gasteiger partial charge is 0.390 e. The van der Waals surface area contributed by atoms with Gasteiger partial charge in [0.1, 0.15) is 23.5 Å². The molecular formula is C27H32F3N5O. The number of hydrogen-bond donors (Lipinski definition) is 1. The van der Waals surface area contributed by atoms with E-state index in [1.165, 1.54) is 11.1 Å². The third-order valence-electron chi connectivity index (χ3n) is 7.25. The number of benzene rings is 2. The van der Waals surface area contributed by atoms with E-state index in [2.05, 4.69) is 38.6 Å². The minimum absolute atomic E-state index is 0.0371. The maximum Gasteiger partial charge on any atom is 0.390 e. The van der Waals surface area contributed by atoms with Gasteiger partial charge in [0, 0.05) is 24.8 Å². The lowest BCUT2D eigenvalue weighted by Crippen LogP contribution is -2.51. The molecule has 1 fully saturated rings. The SMILES string of the molecule is Cc1nnc(C)n1-c1ccc(O[C@@H]2c3ccccc3C[C@@H]2N2CCC[C@@H](NCCC(F)(F)F)C2)cc1. The van der Waals surface area contributed by atoms with E-state index in [4.69, 9.17) is 4.74 Å². The maximum atomic E-state index is 12.6. The number of rotatable bonds is 7. The number of aryl methyl sites for hydroxylation is 2. The van der Waals surface area contributed by atoms with Crippen molar-refractivity contribution in [3.63, 3.8) is 0 Å². The number of fused-ring (bicyclic) bond motifs is 1. The number of ether oxygens (including phenoxy) is 1. The average molecular weight is 500 g/mol. The number of alkyl halides is 3. The third-order valence-corrected chi connectivity index (χ3v) is 7.25. The quantitative estimate of drug-likeness (QED) is 0.499. The van der Waals surface area contributed by atoms with Crippen LogP contribution in [0.5, 0.6) is 5.75 Å². The van der Waals surface area contributed by atoms with E-state index in [1.54, 1.807) is 0 Å². The lowest BCUT2D eigenvalue weighted by molar-refractivity contribution is -0.133. The molecule has 0 spiro atoms. The molecule has 36 heavy (non-hydrogen) atoms. The summed E-state index contributed by atoms with van der Waals surface area (Å²) in [6, 6.07) is 16.5. The van der Waals surface area contributed by atoms with Crippen molar-refractivity contribution in [1.82, 2.24) is 25.0 Å². The van der Waals surface area contributed by atoms with Gasteiger partial charge in [-0.25, -0.2) is 0 Å². The molecule has 0 bridgehead atoms. The molecular weight excluding hydrogens is 467 g/mol. The van der Waals surface area contributed by atoms with Crippen molar-refractivity contribution in [2.24, 2.45) is 0 Å². The minimum Gasteiger partial charge on any atom is -0.484 e. The molecule has 6 nitrogen and oxygen atoms in total. The monoisotopic (exact) mass is 499 g/mol. The minimum atomic E-state index is -4.13. The summed E-state index contributed by atoms with van der Waals surface area (Å²) in [5, 5.41) is 11.4. The number of hydrogen-bond acceptors (Lipinski definition) is 5. The van der Waals surface area contributed by atoms with Crippen molar-refractivity contribution < 1.29 is 17.9 Å². The van der Waals surface area contributed by atoms with Gasteiger partial charge in [-0.05, 0) is 75.0 Å². The fraction of sp³-hybridized carbons (Fsp3) is 0.481. The zero-order valence-corrected chi connectivity index (χ0v) is 20.6. The molecule has 3 aromatic rings. The Balaban J connectivity index is 1.31. The van der Waals surface area contributed by atoms with E-state index >= 15 is 0 Å². The zero-order chi connectivity index (χ0) is 25.3. The van der Waals surface area contributed by atoms with E-state index in [0.29, 0.717) is 0 Å². The highest BCUT2D eigenvalue weighted by molar-refractivity contribution is 5.41. The number of halogens is 3. The summed E-state index contributed by atoms with van der Waals surface area (Å²) in [5.74, 6) is 2.44. The Bertz CT molecular complexity index is 1160. The molecule has 0 amide bonds. The summed E-state index contributed by atoms with van der Waals surface area (Å²) < 4.78 is 46.4. The van der Waals surface area contributed by atoms with Crippen LogP contribution in [0.2, 0.25) is 0 Å². The van der Waals surface area contributed by atoms with Crippen LogP contribution in [0.1, 0.15) is 48.1 Å². The number of nitrogens with one attached hydrogen (secondary N) is 1. The molecule has 0 saturated carbocycles. The lowest BCUT2D eigenvalue weighted by Gasteiger charge is -2.39. The van der Waals surface area contributed by atoms with Crippen LogP contribution in [-0.2, 0) is 6.42 Å². The van der Waals surface area contributed by atoms with Gasteiger partial charge in [-0.2, -0.15) is 13.2 Å². The molecule has 3 atom stereocenters. The van der Waals surface area contributed by atoms with E-state index < -0.39 is 12.6 Å². The Labute approximate surface area is 209 Å². The fourth-order valence-electron chi connectivity index (χ4n) is 5.55. The molecule has 0 radical (unpaired) electrons. The second-order valence-corrected chi connectivity index (χ2v) is 9.79. The van der Waals surface area contributed by atoms with Gasteiger partial charge < -0.3 is 10.1 Å². The van der Waals surface area contributed by atoms with Crippen molar-refractivity contribution in [3.8, 4) is 11.4 Å². The van der Waals surface area contributed by atoms with Crippen molar-refractivity contribution in [2.45, 2.75) is 63.9 Å². The van der Waals surface area contributed by atoms with Gasteiger partial charge in [0.15, 0.2) is 0 Å². The summed E-state index contributed by atoms with van der Waals surface area (Å²) in [6.07, 6.45) is -2.35. The van der Waals surface area contributed by atoms with Crippen LogP contribution >= 0.6 is 0 Å². The molecule has 5 rings (SSSR count). The van der Waals surface area contributed by atoms with Gasteiger partial charge in [0.2, 0.25) is 0 Å². The largest absolute Gasteiger partial charge is 0.484 e. The van der Waals surface area contributed by atoms with Gasteiger partial charge in [-0.3, -0.25) is 9.47 Å². The van der Waals surface area contributed by atoms with Gasteiger partial charge in [-0.15, -0.1) is 10.2 Å². The number of piperidine rings is 1. The molecule has 192 valence electrons. The first kappa shape index (κ1) is 24.8. The van der Waals surface area contributed by atoms with Crippen LogP contribution in [0.15, 0.2) is 48.5 Å². The normalized spacial score (nSPS) is 22.5. The Kier molecular flexibility index (Phi) is 7.03. The molecule has 1 N–H and O–H groups in total. The van der Waals surface area contributed by atoms with Crippen molar-refractivity contribution >= 4 is 0 Å². The van der Waals surface area contributed by atoms with Crippen LogP contribution in [0.4, 0.5) is 13.2 Å². The van der Waals surface area contributed by atoms with E-state index in [0.717, 1.165) is 55.4 Å². The molecule has 2 aromatic carbocycles. The molecule has 2 heterocycles. The van der Waals surface area contributed by atoms with Gasteiger partial charge in [0.25, 0.3) is 0 Å². The second-order valence-electron chi connectivity index (χ2n) is 9.79. The summed E-state index contributed by atoms with van der Waals surface area (Å²) in [4.78, 5) is 2.40. The number of likely N-dealkylation sites (tertiary alicyclic amines) is 1. The molecule has 1 aliphatic heterocycles. The van der Waals surface area contributed by atoms with E-state index in [-0.39, 0.29) is 24.7 Å². The summed E-state index contributed by atoms with van der Waals surface area (Å²) in [5.41, 5.74) is 3.44. The molecule has 2 aliphatic rings. The predicted molar refractivity (Wildman–Crippen MR) is 131 cm³/mol. The molecule has 0 unspecified atom stereocenters. The number of aromatic nitrogens is 3. The van der Waals surface area contributed by atoms with Crippen LogP contribution in [0, 0.1) is 13.8 Å². The Morgan fingerprint density at radius 3 is 2.47 bits per heavy atom. The molecule has 1 aromatic heterocycles. The van der Waals surface area contributed by atoms with Crippen LogP contribution in [0.25, 0.3) is 5.69 Å². The average Bonchev–Trinajstić information content (AvgIpc) is 3.38. The van der Waals surface area contributed by atoms with Crippen LogP contribution < -0.4 is 10.1 Å². The predicted octanol–water partition coefficient (Wildman–Crippen LogP) is 4.94. The van der Waals surface area contributed by atoms with Crippen LogP contribution in [-0.4, -0.2) is 57.6 Å². The Morgan fingerprint density at radius 1 is 1.03 bits per heavy atom. The summed E-state index contributed by atoms with van der Waals surface area (Å²) in [7, 11) is 0. The van der Waals surface area contributed by atoms with E-state index in [9.17, 15) is 13.2 Å². The van der Waals surface area contributed by atoms with E-state index in [1.807, 2.05) is 48.7 Å². The zero-order valence-electron chi connectivity index (χ0n) is 20.6. The van der Waals surface area contributed by atoms with Gasteiger partial charge in [0.05, 0.1) is 12.5 Å². The molecule has 9 heteroatoms. The standard InChI is InChI=1S/C27H32F3N5O/c1-18-32-33-19(2)35(18)22-9-11-23(12-10-22)36-26-24-8-4-3-6-20(24)16-25(26)34-15-5-7-21(17-34)31-14-13-27(28,29)30/h3-4,6,8-12,21,25-26,31H,5,7,13-17H2,1-2H3/t21-,25+,26-/m1/s1. The van der Waals surface area contributed by atoms with Crippen molar-refractivity contribution in [3.05, 3.63) is 71.3 Å².